The van der Waals surface area contributed by atoms with Crippen LogP contribution < -0.4 is 9.64 Å². The van der Waals surface area contributed by atoms with Gasteiger partial charge in [0.05, 0.1) is 12.2 Å². The molecule has 2 aliphatic heterocycles. The predicted octanol–water partition coefficient (Wildman–Crippen LogP) is 1.97. The summed E-state index contributed by atoms with van der Waals surface area (Å²) in [4.78, 5) is 2.30. The van der Waals surface area contributed by atoms with Crippen molar-refractivity contribution in [1.29, 1.82) is 0 Å². The van der Waals surface area contributed by atoms with E-state index in [-0.39, 0.29) is 5.82 Å². The summed E-state index contributed by atoms with van der Waals surface area (Å²) in [6.45, 7) is 2.69. The molecule has 2 heterocycles. The summed E-state index contributed by atoms with van der Waals surface area (Å²) in [5, 5.41) is 0. The third kappa shape index (κ3) is 1.08. The molecule has 0 aliphatic carbocycles. The van der Waals surface area contributed by atoms with E-state index in [2.05, 4.69) is 4.90 Å². The van der Waals surface area contributed by atoms with Gasteiger partial charge in [0.2, 0.25) is 0 Å². The van der Waals surface area contributed by atoms with Crippen molar-refractivity contribution in [2.24, 2.45) is 0 Å². The largest absolute Gasteiger partial charge is 0.489 e. The van der Waals surface area contributed by atoms with Crippen LogP contribution in [0.2, 0.25) is 0 Å². The van der Waals surface area contributed by atoms with Gasteiger partial charge in [-0.15, -0.1) is 0 Å². The number of anilines is 1. The van der Waals surface area contributed by atoms with E-state index in [4.69, 9.17) is 4.74 Å². The van der Waals surface area contributed by atoms with Gasteiger partial charge in [0.1, 0.15) is 18.2 Å². The van der Waals surface area contributed by atoms with Crippen molar-refractivity contribution in [3.8, 4) is 5.75 Å². The average molecular weight is 193 g/mol. The molecule has 0 amide bonds. The quantitative estimate of drug-likeness (QED) is 0.624. The minimum absolute atomic E-state index is 0.178. The van der Waals surface area contributed by atoms with Crippen molar-refractivity contribution in [3.63, 3.8) is 0 Å². The first-order chi connectivity index (χ1) is 6.84. The first kappa shape index (κ1) is 8.09. The molecule has 0 radical (unpaired) electrons. The van der Waals surface area contributed by atoms with E-state index in [0.29, 0.717) is 6.61 Å². The number of benzene rings is 1. The Morgan fingerprint density at radius 2 is 2.21 bits per heavy atom. The molecule has 0 bridgehead atoms. The van der Waals surface area contributed by atoms with Gasteiger partial charge in [-0.3, -0.25) is 0 Å². The Kier molecular flexibility index (Phi) is 1.66. The van der Waals surface area contributed by atoms with Crippen LogP contribution in [0, 0.1) is 5.82 Å². The summed E-state index contributed by atoms with van der Waals surface area (Å²) < 4.78 is 18.7. The minimum Gasteiger partial charge on any atom is -0.489 e. The smallest absolute Gasteiger partial charge is 0.145 e. The summed E-state index contributed by atoms with van der Waals surface area (Å²) in [5.74, 6) is 0.549. The fraction of sp³-hybridized carbons (Fsp3) is 0.455. The number of halogens is 1. The lowest BCUT2D eigenvalue weighted by Crippen LogP contribution is -2.36. The molecule has 3 heteroatoms. The minimum atomic E-state index is -0.178. The van der Waals surface area contributed by atoms with Gasteiger partial charge in [-0.2, -0.15) is 0 Å². The van der Waals surface area contributed by atoms with Gasteiger partial charge in [0.15, 0.2) is 0 Å². The van der Waals surface area contributed by atoms with Crippen molar-refractivity contribution >= 4 is 5.69 Å². The molecular formula is C11H12FNO. The summed E-state index contributed by atoms with van der Waals surface area (Å²) in [7, 11) is 0. The van der Waals surface area contributed by atoms with Crippen molar-refractivity contribution < 1.29 is 9.13 Å². The molecule has 0 N–H and O–H groups in total. The molecular weight excluding hydrogens is 181 g/mol. The lowest BCUT2D eigenvalue weighted by atomic mass is 10.00. The normalized spacial score (nSPS) is 18.8. The van der Waals surface area contributed by atoms with E-state index in [1.807, 2.05) is 0 Å². The summed E-state index contributed by atoms with van der Waals surface area (Å²) >= 11 is 0. The second-order valence-electron chi connectivity index (χ2n) is 3.85. The molecule has 0 saturated heterocycles. The van der Waals surface area contributed by atoms with Crippen LogP contribution in [0.1, 0.15) is 12.0 Å². The molecule has 0 saturated carbocycles. The maximum Gasteiger partial charge on any atom is 0.145 e. The molecule has 1 aromatic rings. The first-order valence-corrected chi connectivity index (χ1v) is 5.05. The molecule has 1 aromatic carbocycles. The third-order valence-electron chi connectivity index (χ3n) is 2.93. The monoisotopic (exact) mass is 193 g/mol. The number of ether oxygens (including phenoxy) is 1. The number of hydrogen-bond acceptors (Lipinski definition) is 2. The summed E-state index contributed by atoms with van der Waals surface area (Å²) in [6, 6.07) is 3.13. The van der Waals surface area contributed by atoms with E-state index in [0.717, 1.165) is 42.9 Å². The van der Waals surface area contributed by atoms with Crippen LogP contribution in [0.25, 0.3) is 0 Å². The molecule has 3 rings (SSSR count). The Morgan fingerprint density at radius 3 is 3.14 bits per heavy atom. The Balaban J connectivity index is 2.20. The van der Waals surface area contributed by atoms with Gasteiger partial charge >= 0.3 is 0 Å². The number of hydrogen-bond donors (Lipinski definition) is 0. The molecule has 74 valence electrons. The molecule has 14 heavy (non-hydrogen) atoms. The standard InChI is InChI=1S/C11H12FNO/c12-9-6-8-2-1-3-13-4-5-14-10(7-9)11(8)13/h6-7H,1-5H2. The van der Waals surface area contributed by atoms with Crippen LogP contribution in [-0.4, -0.2) is 19.7 Å². The summed E-state index contributed by atoms with van der Waals surface area (Å²) in [6.07, 6.45) is 2.09. The zero-order chi connectivity index (χ0) is 9.54. The lowest BCUT2D eigenvalue weighted by Gasteiger charge is -2.36. The highest BCUT2D eigenvalue weighted by molar-refractivity contribution is 5.66. The van der Waals surface area contributed by atoms with E-state index < -0.39 is 0 Å². The second kappa shape index (κ2) is 2.87. The van der Waals surface area contributed by atoms with E-state index >= 15 is 0 Å². The molecule has 2 aliphatic rings. The van der Waals surface area contributed by atoms with Crippen LogP contribution in [0.3, 0.4) is 0 Å². The van der Waals surface area contributed by atoms with Crippen LogP contribution in [0.4, 0.5) is 10.1 Å². The first-order valence-electron chi connectivity index (χ1n) is 5.05. The molecule has 0 atom stereocenters. The second-order valence-corrected chi connectivity index (χ2v) is 3.85. The summed E-state index contributed by atoms with van der Waals surface area (Å²) in [5.41, 5.74) is 2.23. The fourth-order valence-corrected chi connectivity index (χ4v) is 2.35. The maximum atomic E-state index is 13.2. The SMILES string of the molecule is Fc1cc2c3c(c1)OCCN3CCC2. The van der Waals surface area contributed by atoms with E-state index in [9.17, 15) is 4.39 Å². The van der Waals surface area contributed by atoms with Gasteiger partial charge < -0.3 is 9.64 Å². The van der Waals surface area contributed by atoms with Crippen molar-refractivity contribution in [1.82, 2.24) is 0 Å². The van der Waals surface area contributed by atoms with Crippen LogP contribution in [-0.2, 0) is 6.42 Å². The van der Waals surface area contributed by atoms with Crippen molar-refractivity contribution in [2.75, 3.05) is 24.6 Å². The molecule has 2 nitrogen and oxygen atoms in total. The van der Waals surface area contributed by atoms with Gasteiger partial charge in [-0.25, -0.2) is 4.39 Å². The fourth-order valence-electron chi connectivity index (χ4n) is 2.35. The Morgan fingerprint density at radius 1 is 1.29 bits per heavy atom. The topological polar surface area (TPSA) is 12.5 Å². The van der Waals surface area contributed by atoms with E-state index in [1.54, 1.807) is 6.07 Å². The highest BCUT2D eigenvalue weighted by Crippen LogP contribution is 2.39. The molecule has 0 aromatic heterocycles. The van der Waals surface area contributed by atoms with Crippen molar-refractivity contribution in [2.45, 2.75) is 12.8 Å². The van der Waals surface area contributed by atoms with Crippen molar-refractivity contribution in [3.05, 3.63) is 23.5 Å². The lowest BCUT2D eigenvalue weighted by molar-refractivity contribution is 0.302. The Bertz CT molecular complexity index is 347. The van der Waals surface area contributed by atoms with E-state index in [1.165, 1.54) is 6.07 Å². The maximum absolute atomic E-state index is 13.2. The van der Waals surface area contributed by atoms with Gasteiger partial charge in [0.25, 0.3) is 0 Å². The third-order valence-corrected chi connectivity index (χ3v) is 2.93. The van der Waals surface area contributed by atoms with Crippen LogP contribution in [0.15, 0.2) is 12.1 Å². The highest BCUT2D eigenvalue weighted by atomic mass is 19.1. The number of aryl methyl sites for hydroxylation is 1. The van der Waals surface area contributed by atoms with Crippen LogP contribution in [0.5, 0.6) is 5.75 Å². The van der Waals surface area contributed by atoms with Gasteiger partial charge in [-0.1, -0.05) is 0 Å². The van der Waals surface area contributed by atoms with Gasteiger partial charge in [-0.05, 0) is 24.5 Å². The Labute approximate surface area is 82.3 Å². The highest BCUT2D eigenvalue weighted by Gasteiger charge is 2.25. The van der Waals surface area contributed by atoms with Gasteiger partial charge in [0, 0.05) is 12.6 Å². The molecule has 0 fully saturated rings. The predicted molar refractivity (Wildman–Crippen MR) is 52.4 cm³/mol. The average Bonchev–Trinajstić information content (AvgIpc) is 2.18. The zero-order valence-corrected chi connectivity index (χ0v) is 7.92. The number of nitrogens with zero attached hydrogens (tertiary/aromatic N) is 1. The molecule has 0 spiro atoms. The zero-order valence-electron chi connectivity index (χ0n) is 7.92. The molecule has 0 unspecified atom stereocenters. The van der Waals surface area contributed by atoms with Crippen LogP contribution >= 0.6 is 0 Å². The number of rotatable bonds is 0. The Hall–Kier alpha value is -1.25.